The van der Waals surface area contributed by atoms with Crippen LogP contribution in [0.25, 0.3) is 0 Å². The molecule has 0 fully saturated rings. The smallest absolute Gasteiger partial charge is 0.270 e. The summed E-state index contributed by atoms with van der Waals surface area (Å²) >= 11 is 3.35. The zero-order valence-corrected chi connectivity index (χ0v) is 9.07. The molecule has 1 atom stereocenters. The van der Waals surface area contributed by atoms with E-state index in [1.165, 1.54) is 0 Å². The van der Waals surface area contributed by atoms with Crippen LogP contribution < -0.4 is 5.32 Å². The standard InChI is InChI=1S/C9H10BrN3O/c1-2-3-12-4-5-13-7(10)6-11-8(13)9(12)14/h2,4-6,8,11H,1,3H2. The number of hydrogen-bond acceptors (Lipinski definition) is 3. The first kappa shape index (κ1) is 9.33. The summed E-state index contributed by atoms with van der Waals surface area (Å²) in [6.45, 7) is 4.15. The fourth-order valence-electron chi connectivity index (χ4n) is 1.45. The quantitative estimate of drug-likeness (QED) is 0.589. The van der Waals surface area contributed by atoms with Crippen molar-refractivity contribution >= 4 is 21.8 Å². The predicted octanol–water partition coefficient (Wildman–Crippen LogP) is 0.911. The maximum Gasteiger partial charge on any atom is 0.270 e. The molecule has 0 aromatic rings. The second-order valence-corrected chi connectivity index (χ2v) is 3.83. The SMILES string of the molecule is C=CCN1C=CN2C(Br)=CNC2C1=O. The normalized spacial score (nSPS) is 24.5. The molecule has 2 aliphatic rings. The molecule has 0 saturated heterocycles. The van der Waals surface area contributed by atoms with Crippen molar-refractivity contribution in [2.75, 3.05) is 6.54 Å². The van der Waals surface area contributed by atoms with Gasteiger partial charge in [-0.15, -0.1) is 6.58 Å². The Bertz CT molecular complexity index is 337. The van der Waals surface area contributed by atoms with Gasteiger partial charge in [-0.25, -0.2) is 0 Å². The fraction of sp³-hybridized carbons (Fsp3) is 0.222. The molecule has 0 aliphatic carbocycles. The molecular weight excluding hydrogens is 246 g/mol. The molecule has 14 heavy (non-hydrogen) atoms. The number of carbonyl (C=O) groups is 1. The summed E-state index contributed by atoms with van der Waals surface area (Å²) in [4.78, 5) is 15.3. The molecule has 4 nitrogen and oxygen atoms in total. The van der Waals surface area contributed by atoms with Crippen LogP contribution in [0.2, 0.25) is 0 Å². The highest BCUT2D eigenvalue weighted by Crippen LogP contribution is 2.24. The lowest BCUT2D eigenvalue weighted by molar-refractivity contribution is -0.133. The lowest BCUT2D eigenvalue weighted by Crippen LogP contribution is -2.50. The second-order valence-electron chi connectivity index (χ2n) is 3.02. The Balaban J connectivity index is 2.20. The van der Waals surface area contributed by atoms with Crippen LogP contribution in [0, 0.1) is 0 Å². The van der Waals surface area contributed by atoms with Crippen molar-refractivity contribution in [3.8, 4) is 0 Å². The van der Waals surface area contributed by atoms with E-state index in [1.807, 2.05) is 11.1 Å². The average molecular weight is 256 g/mol. The minimum atomic E-state index is -0.311. The summed E-state index contributed by atoms with van der Waals surface area (Å²) in [6.07, 6.45) is 6.77. The van der Waals surface area contributed by atoms with Gasteiger partial charge in [0.2, 0.25) is 0 Å². The summed E-state index contributed by atoms with van der Waals surface area (Å²) in [5, 5.41) is 2.99. The van der Waals surface area contributed by atoms with Gasteiger partial charge in [-0.05, 0) is 15.9 Å². The Labute approximate surface area is 90.7 Å². The zero-order chi connectivity index (χ0) is 10.1. The number of halogens is 1. The Morgan fingerprint density at radius 1 is 1.64 bits per heavy atom. The molecule has 1 unspecified atom stereocenters. The molecule has 0 aromatic carbocycles. The van der Waals surface area contributed by atoms with Crippen LogP contribution in [0.3, 0.4) is 0 Å². The molecule has 5 heteroatoms. The van der Waals surface area contributed by atoms with Crippen molar-refractivity contribution in [3.63, 3.8) is 0 Å². The van der Waals surface area contributed by atoms with Crippen LogP contribution in [-0.2, 0) is 4.79 Å². The van der Waals surface area contributed by atoms with E-state index in [4.69, 9.17) is 0 Å². The van der Waals surface area contributed by atoms with Crippen LogP contribution in [-0.4, -0.2) is 28.4 Å². The number of rotatable bonds is 2. The molecule has 2 rings (SSSR count). The molecule has 0 aromatic heterocycles. The molecule has 2 heterocycles. The summed E-state index contributed by atoms with van der Waals surface area (Å²) in [5.41, 5.74) is 0. The number of carbonyl (C=O) groups excluding carboxylic acids is 1. The van der Waals surface area contributed by atoms with Gasteiger partial charge in [0.25, 0.3) is 5.91 Å². The van der Waals surface area contributed by atoms with Crippen molar-refractivity contribution < 1.29 is 4.79 Å². The monoisotopic (exact) mass is 255 g/mol. The van der Waals surface area contributed by atoms with E-state index in [2.05, 4.69) is 27.8 Å². The van der Waals surface area contributed by atoms with Crippen LogP contribution >= 0.6 is 15.9 Å². The molecule has 1 N–H and O–H groups in total. The van der Waals surface area contributed by atoms with Crippen LogP contribution in [0.15, 0.2) is 35.9 Å². The van der Waals surface area contributed by atoms with E-state index in [-0.39, 0.29) is 12.1 Å². The van der Waals surface area contributed by atoms with Crippen LogP contribution in [0.1, 0.15) is 0 Å². The van der Waals surface area contributed by atoms with E-state index in [0.717, 1.165) is 4.61 Å². The van der Waals surface area contributed by atoms with Gasteiger partial charge in [0.15, 0.2) is 6.17 Å². The largest absolute Gasteiger partial charge is 0.361 e. The minimum Gasteiger partial charge on any atom is -0.361 e. The summed E-state index contributed by atoms with van der Waals surface area (Å²) in [5.74, 6) is 0.0260. The van der Waals surface area contributed by atoms with E-state index in [1.54, 1.807) is 23.4 Å². The predicted molar refractivity (Wildman–Crippen MR) is 56.8 cm³/mol. The third-order valence-corrected chi connectivity index (χ3v) is 2.77. The van der Waals surface area contributed by atoms with E-state index < -0.39 is 0 Å². The van der Waals surface area contributed by atoms with Gasteiger partial charge in [0, 0.05) is 25.1 Å². The Kier molecular flexibility index (Phi) is 2.33. The lowest BCUT2D eigenvalue weighted by atomic mass is 10.3. The maximum absolute atomic E-state index is 11.8. The van der Waals surface area contributed by atoms with E-state index >= 15 is 0 Å². The van der Waals surface area contributed by atoms with Crippen LogP contribution in [0.4, 0.5) is 0 Å². The summed E-state index contributed by atoms with van der Waals surface area (Å²) < 4.78 is 0.866. The molecule has 0 saturated carbocycles. The van der Waals surface area contributed by atoms with Gasteiger partial charge >= 0.3 is 0 Å². The number of hydrogen-bond donors (Lipinski definition) is 1. The van der Waals surface area contributed by atoms with Gasteiger partial charge in [-0.3, -0.25) is 4.79 Å². The summed E-state index contributed by atoms with van der Waals surface area (Å²) in [6, 6.07) is 0. The van der Waals surface area contributed by atoms with E-state index in [9.17, 15) is 4.79 Å². The molecule has 1 amide bonds. The Hall–Kier alpha value is -1.23. The van der Waals surface area contributed by atoms with Gasteiger partial charge in [0.1, 0.15) is 4.61 Å². The van der Waals surface area contributed by atoms with Crippen molar-refractivity contribution in [1.82, 2.24) is 15.1 Å². The lowest BCUT2D eigenvalue weighted by Gasteiger charge is -2.31. The van der Waals surface area contributed by atoms with Crippen molar-refractivity contribution in [2.45, 2.75) is 6.17 Å². The van der Waals surface area contributed by atoms with Gasteiger partial charge < -0.3 is 15.1 Å². The van der Waals surface area contributed by atoms with Crippen LogP contribution in [0.5, 0.6) is 0 Å². The van der Waals surface area contributed by atoms with Gasteiger partial charge in [0.05, 0.1) is 0 Å². The van der Waals surface area contributed by atoms with Crippen molar-refractivity contribution in [1.29, 1.82) is 0 Å². The first-order valence-corrected chi connectivity index (χ1v) is 5.03. The molecule has 0 radical (unpaired) electrons. The Morgan fingerprint density at radius 3 is 3.14 bits per heavy atom. The molecule has 2 aliphatic heterocycles. The highest BCUT2D eigenvalue weighted by Gasteiger charge is 2.34. The first-order valence-electron chi connectivity index (χ1n) is 4.24. The molecular formula is C9H10BrN3O. The second kappa shape index (κ2) is 3.49. The zero-order valence-electron chi connectivity index (χ0n) is 7.48. The van der Waals surface area contributed by atoms with E-state index in [0.29, 0.717) is 6.54 Å². The average Bonchev–Trinajstić information content (AvgIpc) is 2.54. The number of nitrogens with one attached hydrogen (secondary N) is 1. The topological polar surface area (TPSA) is 35.6 Å². The number of fused-ring (bicyclic) bond motifs is 1. The molecule has 0 spiro atoms. The maximum atomic E-state index is 11.8. The molecule has 0 bridgehead atoms. The fourth-order valence-corrected chi connectivity index (χ4v) is 1.90. The highest BCUT2D eigenvalue weighted by atomic mass is 79.9. The molecule has 74 valence electrons. The van der Waals surface area contributed by atoms with Crippen molar-refractivity contribution in [2.24, 2.45) is 0 Å². The Morgan fingerprint density at radius 2 is 2.43 bits per heavy atom. The van der Waals surface area contributed by atoms with Gasteiger partial charge in [-0.2, -0.15) is 0 Å². The highest BCUT2D eigenvalue weighted by molar-refractivity contribution is 9.11. The third-order valence-electron chi connectivity index (χ3n) is 2.14. The van der Waals surface area contributed by atoms with Gasteiger partial charge in [-0.1, -0.05) is 6.08 Å². The number of nitrogens with zero attached hydrogens (tertiary/aromatic N) is 2. The summed E-state index contributed by atoms with van der Waals surface area (Å²) in [7, 11) is 0. The van der Waals surface area contributed by atoms with Crippen molar-refractivity contribution in [3.05, 3.63) is 35.9 Å². The number of amides is 1. The third kappa shape index (κ3) is 1.33. The first-order chi connectivity index (χ1) is 6.74. The minimum absolute atomic E-state index is 0.0260.